The first-order chi connectivity index (χ1) is 7.33. The summed E-state index contributed by atoms with van der Waals surface area (Å²) in [5, 5.41) is 0. The molecule has 0 aliphatic rings. The molecule has 0 N–H and O–H groups in total. The Kier molecular flexibility index (Phi) is 6.66. The Labute approximate surface area is 101 Å². The summed E-state index contributed by atoms with van der Waals surface area (Å²) in [6.45, 7) is 2.26. The summed E-state index contributed by atoms with van der Waals surface area (Å²) in [5.74, 6) is 0. The molecule has 0 amide bonds. The van der Waals surface area contributed by atoms with Crippen LogP contribution in [0.4, 0.5) is 0 Å². The summed E-state index contributed by atoms with van der Waals surface area (Å²) in [7, 11) is 0. The van der Waals surface area contributed by atoms with Crippen LogP contribution >= 0.6 is 15.9 Å². The van der Waals surface area contributed by atoms with Crippen molar-refractivity contribution < 1.29 is 0 Å². The van der Waals surface area contributed by atoms with Crippen LogP contribution in [-0.4, -0.2) is 4.98 Å². The maximum atomic E-state index is 4.17. The van der Waals surface area contributed by atoms with Crippen molar-refractivity contribution in [2.75, 3.05) is 0 Å². The zero-order valence-electron chi connectivity index (χ0n) is 9.51. The average molecular weight is 270 g/mol. The number of hydrogen-bond acceptors (Lipinski definition) is 1. The van der Waals surface area contributed by atoms with E-state index < -0.39 is 0 Å². The van der Waals surface area contributed by atoms with E-state index in [1.54, 1.807) is 0 Å². The smallest absolute Gasteiger partial charge is 0.0410 e. The number of pyridine rings is 1. The number of halogens is 1. The van der Waals surface area contributed by atoms with Gasteiger partial charge in [-0.1, -0.05) is 39.0 Å². The Morgan fingerprint density at radius 2 is 1.80 bits per heavy atom. The topological polar surface area (TPSA) is 12.9 Å². The maximum Gasteiger partial charge on any atom is 0.0410 e. The van der Waals surface area contributed by atoms with Gasteiger partial charge in [-0.2, -0.15) is 0 Å². The molecule has 0 aliphatic carbocycles. The van der Waals surface area contributed by atoms with Gasteiger partial charge < -0.3 is 0 Å². The normalized spacial score (nSPS) is 10.5. The van der Waals surface area contributed by atoms with Gasteiger partial charge in [-0.25, -0.2) is 0 Å². The summed E-state index contributed by atoms with van der Waals surface area (Å²) < 4.78 is 1.09. The highest BCUT2D eigenvalue weighted by molar-refractivity contribution is 9.10. The van der Waals surface area contributed by atoms with E-state index in [1.807, 2.05) is 12.4 Å². The molecule has 2 heteroatoms. The van der Waals surface area contributed by atoms with Crippen LogP contribution in [-0.2, 0) is 6.42 Å². The highest BCUT2D eigenvalue weighted by atomic mass is 79.9. The fourth-order valence-corrected chi connectivity index (χ4v) is 2.11. The molecule has 0 fully saturated rings. The predicted octanol–water partition coefficient (Wildman–Crippen LogP) is 4.75. The third-order valence-electron chi connectivity index (χ3n) is 2.58. The fourth-order valence-electron chi connectivity index (χ4n) is 1.70. The predicted molar refractivity (Wildman–Crippen MR) is 69.0 cm³/mol. The lowest BCUT2D eigenvalue weighted by molar-refractivity contribution is 0.607. The molecule has 15 heavy (non-hydrogen) atoms. The minimum absolute atomic E-state index is 1.09. The highest BCUT2D eigenvalue weighted by Crippen LogP contribution is 2.13. The van der Waals surface area contributed by atoms with Crippen LogP contribution in [0.1, 0.15) is 51.0 Å². The Hall–Kier alpha value is -0.370. The molecule has 84 valence electrons. The van der Waals surface area contributed by atoms with Crippen LogP contribution < -0.4 is 0 Å². The Bertz CT molecular complexity index is 273. The fraction of sp³-hybridized carbons (Fsp3) is 0.615. The van der Waals surface area contributed by atoms with Gasteiger partial charge in [-0.05, 0) is 40.4 Å². The van der Waals surface area contributed by atoms with Gasteiger partial charge in [-0.15, -0.1) is 0 Å². The van der Waals surface area contributed by atoms with Crippen LogP contribution in [0.3, 0.4) is 0 Å². The first-order valence-electron chi connectivity index (χ1n) is 5.92. The molecule has 0 aliphatic heterocycles. The molecule has 0 saturated carbocycles. The van der Waals surface area contributed by atoms with Gasteiger partial charge in [0.1, 0.15) is 0 Å². The van der Waals surface area contributed by atoms with Crippen molar-refractivity contribution in [2.24, 2.45) is 0 Å². The van der Waals surface area contributed by atoms with Crippen molar-refractivity contribution in [3.05, 3.63) is 28.5 Å². The molecule has 0 unspecified atom stereocenters. The third kappa shape index (κ3) is 5.93. The molecule has 1 aromatic heterocycles. The number of unbranched alkanes of at least 4 members (excludes halogenated alkanes) is 5. The van der Waals surface area contributed by atoms with Crippen LogP contribution in [0.5, 0.6) is 0 Å². The summed E-state index contributed by atoms with van der Waals surface area (Å²) in [6, 6.07) is 2.17. The van der Waals surface area contributed by atoms with E-state index >= 15 is 0 Å². The van der Waals surface area contributed by atoms with E-state index in [4.69, 9.17) is 0 Å². The lowest BCUT2D eigenvalue weighted by Crippen LogP contribution is -1.87. The van der Waals surface area contributed by atoms with Gasteiger partial charge in [0.05, 0.1) is 0 Å². The highest BCUT2D eigenvalue weighted by Gasteiger charge is 1.95. The first-order valence-corrected chi connectivity index (χ1v) is 6.71. The molecule has 0 spiro atoms. The molecule has 0 saturated heterocycles. The molecule has 1 rings (SSSR count). The van der Waals surface area contributed by atoms with Gasteiger partial charge in [0.25, 0.3) is 0 Å². The van der Waals surface area contributed by atoms with Crippen molar-refractivity contribution in [2.45, 2.75) is 51.9 Å². The minimum Gasteiger partial charge on any atom is -0.263 e. The summed E-state index contributed by atoms with van der Waals surface area (Å²) in [4.78, 5) is 4.17. The second kappa shape index (κ2) is 7.86. The van der Waals surface area contributed by atoms with Crippen molar-refractivity contribution in [3.8, 4) is 0 Å². The van der Waals surface area contributed by atoms with Gasteiger partial charge in [0, 0.05) is 16.9 Å². The number of aromatic nitrogens is 1. The maximum absolute atomic E-state index is 4.17. The van der Waals surface area contributed by atoms with Crippen molar-refractivity contribution in [1.82, 2.24) is 4.98 Å². The summed E-state index contributed by atoms with van der Waals surface area (Å²) >= 11 is 3.44. The first kappa shape index (κ1) is 12.7. The lowest BCUT2D eigenvalue weighted by Gasteiger charge is -2.01. The molecule has 0 atom stereocenters. The molecule has 1 nitrogen and oxygen atoms in total. The SMILES string of the molecule is CCCCCCCCc1cncc(Br)c1. The van der Waals surface area contributed by atoms with Crippen LogP contribution in [0, 0.1) is 0 Å². The van der Waals surface area contributed by atoms with Gasteiger partial charge in [0.2, 0.25) is 0 Å². The number of aryl methyl sites for hydroxylation is 1. The van der Waals surface area contributed by atoms with E-state index in [-0.39, 0.29) is 0 Å². The monoisotopic (exact) mass is 269 g/mol. The van der Waals surface area contributed by atoms with Gasteiger partial charge in [-0.3, -0.25) is 4.98 Å². The molecule has 0 radical (unpaired) electrons. The molecule has 0 aromatic carbocycles. The average Bonchev–Trinajstić information content (AvgIpc) is 2.23. The van der Waals surface area contributed by atoms with Crippen molar-refractivity contribution in [3.63, 3.8) is 0 Å². The van der Waals surface area contributed by atoms with Crippen LogP contribution in [0.25, 0.3) is 0 Å². The van der Waals surface area contributed by atoms with Crippen molar-refractivity contribution in [1.29, 1.82) is 0 Å². The van der Waals surface area contributed by atoms with Crippen molar-refractivity contribution >= 4 is 15.9 Å². The van der Waals surface area contributed by atoms with Crippen LogP contribution in [0.2, 0.25) is 0 Å². The standard InChI is InChI=1S/C13H20BrN/c1-2-3-4-5-6-7-8-12-9-13(14)11-15-10-12/h9-11H,2-8H2,1H3. The van der Waals surface area contributed by atoms with E-state index in [9.17, 15) is 0 Å². The lowest BCUT2D eigenvalue weighted by atomic mass is 10.1. The second-order valence-corrected chi connectivity index (χ2v) is 4.94. The molecular weight excluding hydrogens is 250 g/mol. The third-order valence-corrected chi connectivity index (χ3v) is 3.01. The zero-order valence-corrected chi connectivity index (χ0v) is 11.1. The second-order valence-electron chi connectivity index (χ2n) is 4.03. The summed E-state index contributed by atoms with van der Waals surface area (Å²) in [6.07, 6.45) is 13.1. The zero-order chi connectivity index (χ0) is 10.9. The van der Waals surface area contributed by atoms with E-state index in [2.05, 4.69) is 33.9 Å². The molecule has 0 bridgehead atoms. The number of nitrogens with zero attached hydrogens (tertiary/aromatic N) is 1. The van der Waals surface area contributed by atoms with Gasteiger partial charge in [0.15, 0.2) is 0 Å². The molecule has 1 heterocycles. The van der Waals surface area contributed by atoms with Crippen LogP contribution in [0.15, 0.2) is 22.9 Å². The largest absolute Gasteiger partial charge is 0.263 e. The van der Waals surface area contributed by atoms with E-state index in [0.29, 0.717) is 0 Å². The molecule has 1 aromatic rings. The Morgan fingerprint density at radius 1 is 1.07 bits per heavy atom. The summed E-state index contributed by atoms with van der Waals surface area (Å²) in [5.41, 5.74) is 1.35. The van der Waals surface area contributed by atoms with E-state index in [1.165, 1.54) is 50.5 Å². The number of hydrogen-bond donors (Lipinski definition) is 0. The Balaban J connectivity index is 2.10. The van der Waals surface area contributed by atoms with Gasteiger partial charge >= 0.3 is 0 Å². The Morgan fingerprint density at radius 3 is 2.53 bits per heavy atom. The quantitative estimate of drug-likeness (QED) is 0.652. The minimum atomic E-state index is 1.09. The van der Waals surface area contributed by atoms with E-state index in [0.717, 1.165) is 4.47 Å². The number of rotatable bonds is 7. The molecular formula is C13H20BrN.